The van der Waals surface area contributed by atoms with Gasteiger partial charge in [0.05, 0.1) is 0 Å². The van der Waals surface area contributed by atoms with E-state index in [1.165, 1.54) is 6.33 Å². The molecule has 0 unspecified atom stereocenters. The molecule has 20 heavy (non-hydrogen) atoms. The molecule has 1 amide bonds. The van der Waals surface area contributed by atoms with Crippen molar-refractivity contribution in [2.45, 2.75) is 32.2 Å². The van der Waals surface area contributed by atoms with Crippen LogP contribution in [0.25, 0.3) is 11.4 Å². The number of hydrogen-bond donors (Lipinski definition) is 2. The minimum Gasteiger partial charge on any atom is -0.347 e. The van der Waals surface area contributed by atoms with Gasteiger partial charge in [0.15, 0.2) is 5.82 Å². The number of nitrogens with zero attached hydrogens (tertiary/aromatic N) is 2. The van der Waals surface area contributed by atoms with E-state index in [4.69, 9.17) is 0 Å². The summed E-state index contributed by atoms with van der Waals surface area (Å²) in [6, 6.07) is 7.42. The van der Waals surface area contributed by atoms with Gasteiger partial charge in [-0.25, -0.2) is 4.98 Å². The summed E-state index contributed by atoms with van der Waals surface area (Å²) >= 11 is 0. The molecular weight excluding hydrogens is 252 g/mol. The average Bonchev–Trinajstić information content (AvgIpc) is 2.91. The molecule has 5 nitrogen and oxygen atoms in total. The van der Waals surface area contributed by atoms with Crippen molar-refractivity contribution in [3.05, 3.63) is 36.2 Å². The standard InChI is InChI=1S/C15H18N4O/c1-10-7-15(2,8-10)18-14(20)12-5-3-4-11(6-12)13-16-9-17-19-13/h3-6,9-10H,7-8H2,1-2H3,(H,18,20)(H,16,17,19). The van der Waals surface area contributed by atoms with Crippen LogP contribution in [0.1, 0.15) is 37.0 Å². The molecule has 1 aromatic heterocycles. The van der Waals surface area contributed by atoms with Crippen molar-refractivity contribution in [3.63, 3.8) is 0 Å². The van der Waals surface area contributed by atoms with Gasteiger partial charge < -0.3 is 5.32 Å². The third-order valence-corrected chi connectivity index (χ3v) is 3.83. The Morgan fingerprint density at radius 2 is 2.25 bits per heavy atom. The minimum atomic E-state index is -0.0568. The van der Waals surface area contributed by atoms with Crippen LogP contribution in [0.3, 0.4) is 0 Å². The van der Waals surface area contributed by atoms with Crippen LogP contribution in [0.15, 0.2) is 30.6 Å². The lowest BCUT2D eigenvalue weighted by molar-refractivity contribution is 0.0772. The Morgan fingerprint density at radius 3 is 2.90 bits per heavy atom. The number of aromatic nitrogens is 3. The molecule has 0 bridgehead atoms. The third-order valence-electron chi connectivity index (χ3n) is 3.83. The third kappa shape index (κ3) is 2.43. The molecule has 0 aliphatic heterocycles. The smallest absolute Gasteiger partial charge is 0.251 e. The topological polar surface area (TPSA) is 70.7 Å². The fourth-order valence-electron chi connectivity index (χ4n) is 3.08. The molecule has 2 N–H and O–H groups in total. The molecule has 3 rings (SSSR count). The Morgan fingerprint density at radius 1 is 1.45 bits per heavy atom. The van der Waals surface area contributed by atoms with Gasteiger partial charge >= 0.3 is 0 Å². The fourth-order valence-corrected chi connectivity index (χ4v) is 3.08. The first-order valence-electron chi connectivity index (χ1n) is 6.84. The van der Waals surface area contributed by atoms with Crippen LogP contribution in [0.4, 0.5) is 0 Å². The lowest BCUT2D eigenvalue weighted by atomic mass is 9.70. The Hall–Kier alpha value is -2.17. The van der Waals surface area contributed by atoms with Crippen molar-refractivity contribution in [1.82, 2.24) is 20.5 Å². The van der Waals surface area contributed by atoms with Gasteiger partial charge in [0.1, 0.15) is 6.33 Å². The highest BCUT2D eigenvalue weighted by molar-refractivity contribution is 5.95. The zero-order chi connectivity index (χ0) is 14.2. The van der Waals surface area contributed by atoms with Crippen LogP contribution in [-0.4, -0.2) is 26.6 Å². The van der Waals surface area contributed by atoms with Crippen molar-refractivity contribution in [2.24, 2.45) is 5.92 Å². The molecule has 1 fully saturated rings. The number of carbonyl (C=O) groups is 1. The van der Waals surface area contributed by atoms with Crippen molar-refractivity contribution in [3.8, 4) is 11.4 Å². The lowest BCUT2D eigenvalue weighted by Crippen LogP contribution is -2.54. The predicted octanol–water partition coefficient (Wildman–Crippen LogP) is 2.39. The number of carbonyl (C=O) groups excluding carboxylic acids is 1. The van der Waals surface area contributed by atoms with E-state index in [0.717, 1.165) is 18.4 Å². The number of benzene rings is 1. The molecule has 1 saturated carbocycles. The first-order chi connectivity index (χ1) is 9.56. The second-order valence-electron chi connectivity index (χ2n) is 5.94. The lowest BCUT2D eigenvalue weighted by Gasteiger charge is -2.44. The molecular formula is C15H18N4O. The Labute approximate surface area is 117 Å². The van der Waals surface area contributed by atoms with Gasteiger partial charge in [0.2, 0.25) is 0 Å². The molecule has 0 saturated heterocycles. The highest BCUT2D eigenvalue weighted by atomic mass is 16.1. The average molecular weight is 270 g/mol. The highest BCUT2D eigenvalue weighted by Gasteiger charge is 2.38. The largest absolute Gasteiger partial charge is 0.347 e. The quantitative estimate of drug-likeness (QED) is 0.899. The SMILES string of the molecule is CC1CC(C)(NC(=O)c2cccc(-c3ncn[nH]3)c2)C1. The minimum absolute atomic E-state index is 0.0271. The second-order valence-corrected chi connectivity index (χ2v) is 5.94. The molecule has 0 radical (unpaired) electrons. The molecule has 1 aromatic carbocycles. The van der Waals surface area contributed by atoms with E-state index >= 15 is 0 Å². The maximum atomic E-state index is 12.3. The van der Waals surface area contributed by atoms with Crippen molar-refractivity contribution < 1.29 is 4.79 Å². The predicted molar refractivity (Wildman–Crippen MR) is 76.1 cm³/mol. The molecule has 2 aromatic rings. The molecule has 1 aliphatic rings. The van der Waals surface area contributed by atoms with Crippen LogP contribution in [0, 0.1) is 5.92 Å². The van der Waals surface area contributed by atoms with Crippen LogP contribution < -0.4 is 5.32 Å². The molecule has 1 aliphatic carbocycles. The monoisotopic (exact) mass is 270 g/mol. The number of hydrogen-bond acceptors (Lipinski definition) is 3. The summed E-state index contributed by atoms with van der Waals surface area (Å²) in [5.41, 5.74) is 1.46. The van der Waals surface area contributed by atoms with Gasteiger partial charge in [-0.1, -0.05) is 19.1 Å². The summed E-state index contributed by atoms with van der Waals surface area (Å²) in [4.78, 5) is 16.4. The van der Waals surface area contributed by atoms with Gasteiger partial charge in [-0.05, 0) is 37.8 Å². The maximum Gasteiger partial charge on any atom is 0.251 e. The molecule has 0 atom stereocenters. The van der Waals surface area contributed by atoms with Crippen LogP contribution in [0.2, 0.25) is 0 Å². The van der Waals surface area contributed by atoms with Gasteiger partial charge in [0, 0.05) is 16.7 Å². The molecule has 104 valence electrons. The molecule has 1 heterocycles. The zero-order valence-corrected chi connectivity index (χ0v) is 11.7. The summed E-state index contributed by atoms with van der Waals surface area (Å²) in [5.74, 6) is 1.34. The molecule has 0 spiro atoms. The number of rotatable bonds is 3. The second kappa shape index (κ2) is 4.74. The van der Waals surface area contributed by atoms with Crippen LogP contribution in [0.5, 0.6) is 0 Å². The number of nitrogens with one attached hydrogen (secondary N) is 2. The van der Waals surface area contributed by atoms with E-state index in [9.17, 15) is 4.79 Å². The van der Waals surface area contributed by atoms with E-state index in [-0.39, 0.29) is 11.4 Å². The van der Waals surface area contributed by atoms with Gasteiger partial charge in [-0.2, -0.15) is 5.10 Å². The van der Waals surface area contributed by atoms with Crippen molar-refractivity contribution in [2.75, 3.05) is 0 Å². The number of amides is 1. The van der Waals surface area contributed by atoms with Gasteiger partial charge in [-0.3, -0.25) is 9.89 Å². The van der Waals surface area contributed by atoms with Crippen molar-refractivity contribution in [1.29, 1.82) is 0 Å². The van der Waals surface area contributed by atoms with Gasteiger partial charge in [-0.15, -0.1) is 0 Å². The fraction of sp³-hybridized carbons (Fsp3) is 0.400. The summed E-state index contributed by atoms with van der Waals surface area (Å²) < 4.78 is 0. The van der Waals surface area contributed by atoms with E-state index in [0.29, 0.717) is 17.3 Å². The number of H-pyrrole nitrogens is 1. The summed E-state index contributed by atoms with van der Waals surface area (Å²) in [6.07, 6.45) is 3.54. The van der Waals surface area contributed by atoms with E-state index in [1.807, 2.05) is 24.3 Å². The summed E-state index contributed by atoms with van der Waals surface area (Å²) in [6.45, 7) is 4.31. The maximum absolute atomic E-state index is 12.3. The Balaban J connectivity index is 1.77. The van der Waals surface area contributed by atoms with Crippen LogP contribution >= 0.6 is 0 Å². The van der Waals surface area contributed by atoms with Crippen LogP contribution in [-0.2, 0) is 0 Å². The van der Waals surface area contributed by atoms with E-state index in [2.05, 4.69) is 34.3 Å². The van der Waals surface area contributed by atoms with Gasteiger partial charge in [0.25, 0.3) is 5.91 Å². The van der Waals surface area contributed by atoms with E-state index in [1.54, 1.807) is 0 Å². The first-order valence-corrected chi connectivity index (χ1v) is 6.84. The number of aromatic amines is 1. The Bertz CT molecular complexity index is 615. The normalized spacial score (nSPS) is 25.0. The first kappa shape index (κ1) is 12.8. The zero-order valence-electron chi connectivity index (χ0n) is 11.7. The summed E-state index contributed by atoms with van der Waals surface area (Å²) in [5, 5.41) is 9.76. The molecule has 5 heteroatoms. The highest BCUT2D eigenvalue weighted by Crippen LogP contribution is 2.37. The van der Waals surface area contributed by atoms with E-state index < -0.39 is 0 Å². The Kier molecular flexibility index (Phi) is 3.04. The summed E-state index contributed by atoms with van der Waals surface area (Å²) in [7, 11) is 0. The van der Waals surface area contributed by atoms with Crippen molar-refractivity contribution >= 4 is 5.91 Å².